The highest BCUT2D eigenvalue weighted by Gasteiger charge is 2.21. The van der Waals surface area contributed by atoms with E-state index >= 15 is 0 Å². The first-order valence-electron chi connectivity index (χ1n) is 5.48. The normalized spacial score (nSPS) is 13.2. The van der Waals surface area contributed by atoms with Crippen molar-refractivity contribution in [3.8, 4) is 0 Å². The maximum atomic E-state index is 11.6. The van der Waals surface area contributed by atoms with Crippen LogP contribution in [0.5, 0.6) is 0 Å². The number of carbonyl (C=O) groups is 1. The number of carbonyl (C=O) groups excluding carboxylic acids is 1. The highest BCUT2D eigenvalue weighted by atomic mass is 32.1. The van der Waals surface area contributed by atoms with Crippen LogP contribution in [0.4, 0.5) is 4.79 Å². The molecule has 96 valence electrons. The number of aryl methyl sites for hydroxylation is 1. The van der Waals surface area contributed by atoms with E-state index in [2.05, 4.69) is 5.32 Å². The molecule has 1 amide bonds. The van der Waals surface area contributed by atoms with Crippen molar-refractivity contribution in [1.82, 2.24) is 5.32 Å². The van der Waals surface area contributed by atoms with Crippen molar-refractivity contribution in [2.45, 2.75) is 39.3 Å². The maximum Gasteiger partial charge on any atom is 0.408 e. The van der Waals surface area contributed by atoms with Gasteiger partial charge in [0.25, 0.3) is 0 Å². The zero-order valence-corrected chi connectivity index (χ0v) is 11.4. The summed E-state index contributed by atoms with van der Waals surface area (Å²) < 4.78 is 5.15. The molecule has 5 heteroatoms. The highest BCUT2D eigenvalue weighted by Crippen LogP contribution is 2.23. The molecule has 0 radical (unpaired) electrons. The molecule has 1 rings (SSSR count). The minimum Gasteiger partial charge on any atom is -0.444 e. The van der Waals surface area contributed by atoms with Gasteiger partial charge in [-0.05, 0) is 44.7 Å². The lowest BCUT2D eigenvalue weighted by atomic mass is 10.2. The van der Waals surface area contributed by atoms with E-state index in [4.69, 9.17) is 4.74 Å². The summed E-state index contributed by atoms with van der Waals surface area (Å²) >= 11 is 1.51. The molecule has 1 atom stereocenters. The summed E-state index contributed by atoms with van der Waals surface area (Å²) in [7, 11) is 0. The Morgan fingerprint density at radius 2 is 2.24 bits per heavy atom. The van der Waals surface area contributed by atoms with Gasteiger partial charge in [-0.3, -0.25) is 0 Å². The van der Waals surface area contributed by atoms with Crippen molar-refractivity contribution >= 4 is 17.4 Å². The Kier molecular flexibility index (Phi) is 4.54. The second-order valence-electron chi connectivity index (χ2n) is 4.85. The second-order valence-corrected chi connectivity index (χ2v) is 5.80. The van der Waals surface area contributed by atoms with Gasteiger partial charge in [-0.1, -0.05) is 0 Å². The third-order valence-electron chi connectivity index (χ3n) is 2.09. The van der Waals surface area contributed by atoms with Crippen molar-refractivity contribution in [3.05, 3.63) is 21.9 Å². The van der Waals surface area contributed by atoms with Crippen LogP contribution in [0.1, 0.15) is 37.3 Å². The van der Waals surface area contributed by atoms with Crippen molar-refractivity contribution in [2.75, 3.05) is 6.61 Å². The Morgan fingerprint density at radius 1 is 1.59 bits per heavy atom. The van der Waals surface area contributed by atoms with E-state index in [1.165, 1.54) is 11.3 Å². The van der Waals surface area contributed by atoms with E-state index in [-0.39, 0.29) is 6.61 Å². The van der Waals surface area contributed by atoms with Gasteiger partial charge >= 0.3 is 6.09 Å². The average molecular weight is 257 g/mol. The van der Waals surface area contributed by atoms with Gasteiger partial charge in [0, 0.05) is 4.88 Å². The minimum atomic E-state index is -0.533. The van der Waals surface area contributed by atoms with Crippen LogP contribution in [0, 0.1) is 6.92 Å². The molecule has 0 bridgehead atoms. The van der Waals surface area contributed by atoms with Crippen LogP contribution in [-0.2, 0) is 4.74 Å². The second kappa shape index (κ2) is 5.51. The molecular weight excluding hydrogens is 238 g/mol. The molecule has 1 unspecified atom stereocenters. The Hall–Kier alpha value is -1.07. The van der Waals surface area contributed by atoms with Crippen LogP contribution in [0.2, 0.25) is 0 Å². The Morgan fingerprint density at radius 3 is 2.65 bits per heavy atom. The average Bonchev–Trinajstić information content (AvgIpc) is 2.58. The van der Waals surface area contributed by atoms with Crippen LogP contribution >= 0.6 is 11.3 Å². The molecule has 0 spiro atoms. The molecule has 17 heavy (non-hydrogen) atoms. The lowest BCUT2D eigenvalue weighted by Gasteiger charge is -2.22. The quantitative estimate of drug-likeness (QED) is 0.875. The highest BCUT2D eigenvalue weighted by molar-refractivity contribution is 7.10. The van der Waals surface area contributed by atoms with E-state index in [1.54, 1.807) is 20.8 Å². The van der Waals surface area contributed by atoms with Gasteiger partial charge in [-0.25, -0.2) is 4.79 Å². The predicted molar refractivity (Wildman–Crippen MR) is 68.3 cm³/mol. The van der Waals surface area contributed by atoms with Crippen molar-refractivity contribution in [2.24, 2.45) is 0 Å². The van der Waals surface area contributed by atoms with Gasteiger partial charge in [0.05, 0.1) is 12.6 Å². The monoisotopic (exact) mass is 257 g/mol. The number of aliphatic hydroxyl groups excluding tert-OH is 1. The molecule has 1 aromatic heterocycles. The minimum absolute atomic E-state index is 0.138. The number of nitrogens with one attached hydrogen (secondary N) is 1. The molecule has 1 aromatic rings. The summed E-state index contributed by atoms with van der Waals surface area (Å²) in [5.74, 6) is 0. The first-order chi connectivity index (χ1) is 7.83. The van der Waals surface area contributed by atoms with Crippen molar-refractivity contribution in [3.63, 3.8) is 0 Å². The summed E-state index contributed by atoms with van der Waals surface area (Å²) in [6.07, 6.45) is -0.510. The van der Waals surface area contributed by atoms with Gasteiger partial charge < -0.3 is 15.2 Å². The third kappa shape index (κ3) is 4.36. The molecule has 0 fully saturated rings. The summed E-state index contributed by atoms with van der Waals surface area (Å²) in [4.78, 5) is 12.6. The predicted octanol–water partition coefficient (Wildman–Crippen LogP) is 2.61. The number of aliphatic hydroxyl groups is 1. The van der Waals surface area contributed by atoms with E-state index in [9.17, 15) is 9.90 Å². The largest absolute Gasteiger partial charge is 0.444 e. The molecule has 2 N–H and O–H groups in total. The van der Waals surface area contributed by atoms with E-state index in [0.29, 0.717) is 0 Å². The lowest BCUT2D eigenvalue weighted by molar-refractivity contribution is 0.0483. The Balaban J connectivity index is 2.66. The van der Waals surface area contributed by atoms with Crippen LogP contribution in [0.25, 0.3) is 0 Å². The summed E-state index contributed by atoms with van der Waals surface area (Å²) in [6, 6.07) is 1.56. The smallest absolute Gasteiger partial charge is 0.408 e. The van der Waals surface area contributed by atoms with Gasteiger partial charge in [0.15, 0.2) is 0 Å². The van der Waals surface area contributed by atoms with E-state index in [1.807, 2.05) is 18.4 Å². The third-order valence-corrected chi connectivity index (χ3v) is 3.22. The number of ether oxygens (including phenoxy) is 1. The summed E-state index contributed by atoms with van der Waals surface area (Å²) in [5.41, 5.74) is 0.527. The molecule has 0 aliphatic rings. The van der Waals surface area contributed by atoms with Crippen molar-refractivity contribution < 1.29 is 14.6 Å². The number of thiophene rings is 1. The first-order valence-corrected chi connectivity index (χ1v) is 6.36. The fourth-order valence-electron chi connectivity index (χ4n) is 1.39. The molecule has 0 aromatic carbocycles. The topological polar surface area (TPSA) is 58.6 Å². The Bertz CT molecular complexity index is 381. The van der Waals surface area contributed by atoms with E-state index in [0.717, 1.165) is 10.4 Å². The van der Waals surface area contributed by atoms with Gasteiger partial charge in [0.1, 0.15) is 5.60 Å². The fraction of sp³-hybridized carbons (Fsp3) is 0.583. The van der Waals surface area contributed by atoms with Crippen LogP contribution in [-0.4, -0.2) is 23.4 Å². The number of hydrogen-bond donors (Lipinski definition) is 2. The zero-order chi connectivity index (χ0) is 13.1. The van der Waals surface area contributed by atoms with Gasteiger partial charge in [-0.15, -0.1) is 11.3 Å². The number of alkyl carbamates (subject to hydrolysis) is 1. The molecule has 4 nitrogen and oxygen atoms in total. The van der Waals surface area contributed by atoms with Gasteiger partial charge in [-0.2, -0.15) is 0 Å². The molecule has 0 saturated carbocycles. The van der Waals surface area contributed by atoms with Gasteiger partial charge in [0.2, 0.25) is 0 Å². The van der Waals surface area contributed by atoms with Crippen LogP contribution in [0.3, 0.4) is 0 Å². The number of rotatable bonds is 3. The molecule has 1 heterocycles. The standard InChI is InChI=1S/C12H19NO3S/c1-8-5-6-17-10(8)9(7-14)13-11(15)16-12(2,3)4/h5-6,9,14H,7H2,1-4H3,(H,13,15). The number of amides is 1. The lowest BCUT2D eigenvalue weighted by Crippen LogP contribution is -2.36. The molecule has 0 aliphatic carbocycles. The fourth-order valence-corrected chi connectivity index (χ4v) is 2.36. The summed E-state index contributed by atoms with van der Waals surface area (Å²) in [6.45, 7) is 7.22. The molecular formula is C12H19NO3S. The van der Waals surface area contributed by atoms with Crippen LogP contribution in [0.15, 0.2) is 11.4 Å². The van der Waals surface area contributed by atoms with Crippen molar-refractivity contribution in [1.29, 1.82) is 0 Å². The molecule has 0 saturated heterocycles. The number of hydrogen-bond acceptors (Lipinski definition) is 4. The summed E-state index contributed by atoms with van der Waals surface area (Å²) in [5, 5.41) is 13.9. The van der Waals surface area contributed by atoms with E-state index < -0.39 is 17.7 Å². The zero-order valence-electron chi connectivity index (χ0n) is 10.6. The first kappa shape index (κ1) is 14.0. The SMILES string of the molecule is Cc1ccsc1C(CO)NC(=O)OC(C)(C)C. The maximum absolute atomic E-state index is 11.6. The van der Waals surface area contributed by atoms with Crippen LogP contribution < -0.4 is 5.32 Å². The molecule has 0 aliphatic heterocycles. The Labute approximate surface area is 106 Å².